The summed E-state index contributed by atoms with van der Waals surface area (Å²) in [7, 11) is -5.17. The summed E-state index contributed by atoms with van der Waals surface area (Å²) < 4.78 is 45.3. The second-order valence-corrected chi connectivity index (χ2v) is 9.58. The molecule has 0 aromatic heterocycles. The molecule has 8 N–H and O–H groups in total. The molecule has 0 aliphatic carbocycles. The van der Waals surface area contributed by atoms with E-state index < -0.39 is 10.4 Å². The number of rotatable bonds is 2. The zero-order valence-corrected chi connectivity index (χ0v) is 22.0. The molecule has 2 aliphatic heterocycles. The highest BCUT2D eigenvalue weighted by Crippen LogP contribution is 2.36. The van der Waals surface area contributed by atoms with Gasteiger partial charge in [-0.05, 0) is 49.9 Å². The predicted molar refractivity (Wildman–Crippen MR) is 140 cm³/mol. The number of halogens is 2. The van der Waals surface area contributed by atoms with Crippen molar-refractivity contribution in [3.8, 4) is 11.5 Å². The molecule has 0 amide bonds. The smallest absolute Gasteiger partial charge is 0.186 e. The molecule has 2 aromatic rings. The molecule has 0 radical (unpaired) electrons. The topological polar surface area (TPSA) is 228 Å². The van der Waals surface area contributed by atoms with Crippen LogP contribution in [0.1, 0.15) is 48.9 Å². The van der Waals surface area contributed by atoms with Gasteiger partial charge in [0.05, 0.1) is 25.3 Å². The average molecular weight is 575 g/mol. The normalized spacial score (nSPS) is 18.2. The third-order valence-corrected chi connectivity index (χ3v) is 5.51. The van der Waals surface area contributed by atoms with Crippen molar-refractivity contribution in [2.45, 2.75) is 37.8 Å². The van der Waals surface area contributed by atoms with Gasteiger partial charge in [0.15, 0.2) is 11.9 Å². The Labute approximate surface area is 225 Å². The van der Waals surface area contributed by atoms with Crippen molar-refractivity contribution in [2.24, 2.45) is 32.9 Å². The minimum absolute atomic E-state index is 0.0280. The molecule has 0 bridgehead atoms. The number of aliphatic imine (C=N–C) groups is 2. The lowest BCUT2D eigenvalue weighted by atomic mass is 10.0. The molecule has 12 nitrogen and oxygen atoms in total. The van der Waals surface area contributed by atoms with Gasteiger partial charge in [0, 0.05) is 31.6 Å². The first-order valence-corrected chi connectivity index (χ1v) is 13.1. The summed E-state index contributed by atoms with van der Waals surface area (Å²) in [5.41, 5.74) is 23.7. The predicted octanol–water partition coefficient (Wildman–Crippen LogP) is 2.32. The summed E-state index contributed by atoms with van der Waals surface area (Å²) in [5.74, 6) is 1.76. The third-order valence-electron chi connectivity index (χ3n) is 5.04. The van der Waals surface area contributed by atoms with Crippen LogP contribution in [0.2, 0.25) is 10.0 Å². The van der Waals surface area contributed by atoms with Crippen LogP contribution in [0.5, 0.6) is 11.5 Å². The van der Waals surface area contributed by atoms with E-state index in [2.05, 4.69) is 9.98 Å². The van der Waals surface area contributed by atoms with Crippen molar-refractivity contribution in [3.63, 3.8) is 0 Å². The number of nitrogens with two attached hydrogens (primary N) is 4. The number of hydrogen-bond donors (Lipinski definition) is 4. The van der Waals surface area contributed by atoms with Crippen molar-refractivity contribution >= 4 is 45.5 Å². The molecular weight excluding hydrogens is 547 g/mol. The van der Waals surface area contributed by atoms with Gasteiger partial charge in [-0.1, -0.05) is 35.3 Å². The van der Waals surface area contributed by atoms with Crippen molar-refractivity contribution in [3.05, 3.63) is 57.6 Å². The maximum Gasteiger partial charge on any atom is 0.186 e. The Hall–Kier alpha value is -2.97. The molecule has 2 aliphatic rings. The SMILES string of the molecule is NC(N)=NC1CCCOc2cc(Cl)ccc21.NC(N)=NC1CCCOc2cc(Cl)ccc21.O=S(=O)([O-])[O-]. The quantitative estimate of drug-likeness (QED) is 0.177. The number of nitrogens with zero attached hydrogens (tertiary/aromatic N) is 2. The van der Waals surface area contributed by atoms with E-state index in [-0.39, 0.29) is 24.0 Å². The monoisotopic (exact) mass is 574 g/mol. The Morgan fingerprint density at radius 2 is 1.14 bits per heavy atom. The van der Waals surface area contributed by atoms with Crippen molar-refractivity contribution in [1.82, 2.24) is 0 Å². The summed E-state index contributed by atoms with van der Waals surface area (Å²) in [4.78, 5) is 8.43. The lowest BCUT2D eigenvalue weighted by molar-refractivity contribution is 0.316. The number of guanidine groups is 2. The minimum Gasteiger partial charge on any atom is -0.759 e. The van der Waals surface area contributed by atoms with Gasteiger partial charge in [-0.15, -0.1) is 0 Å². The molecule has 37 heavy (non-hydrogen) atoms. The summed E-state index contributed by atoms with van der Waals surface area (Å²) in [6, 6.07) is 11.0. The highest BCUT2D eigenvalue weighted by Gasteiger charge is 2.20. The number of fused-ring (bicyclic) bond motifs is 2. The van der Waals surface area contributed by atoms with Gasteiger partial charge in [0.1, 0.15) is 11.5 Å². The van der Waals surface area contributed by atoms with E-state index in [1.54, 1.807) is 12.1 Å². The van der Waals surface area contributed by atoms with Crippen molar-refractivity contribution < 1.29 is 27.0 Å². The van der Waals surface area contributed by atoms with Crippen LogP contribution in [0, 0.1) is 0 Å². The number of ether oxygens (including phenoxy) is 2. The molecule has 0 fully saturated rings. The van der Waals surface area contributed by atoms with E-state index in [0.29, 0.717) is 23.3 Å². The van der Waals surface area contributed by atoms with Crippen LogP contribution in [0.25, 0.3) is 0 Å². The average Bonchev–Trinajstić information content (AvgIpc) is 3.08. The Bertz CT molecular complexity index is 1130. The molecule has 0 spiro atoms. The van der Waals surface area contributed by atoms with Gasteiger partial charge >= 0.3 is 0 Å². The second kappa shape index (κ2) is 14.1. The zero-order valence-electron chi connectivity index (χ0n) is 19.7. The lowest BCUT2D eigenvalue weighted by Crippen LogP contribution is -2.23. The van der Waals surface area contributed by atoms with E-state index in [9.17, 15) is 0 Å². The van der Waals surface area contributed by atoms with Gasteiger partial charge < -0.3 is 41.5 Å². The first-order chi connectivity index (χ1) is 17.3. The highest BCUT2D eigenvalue weighted by atomic mass is 35.5. The molecule has 15 heteroatoms. The lowest BCUT2D eigenvalue weighted by Gasteiger charge is -2.12. The summed E-state index contributed by atoms with van der Waals surface area (Å²) in [6.45, 7) is 1.34. The Balaban J connectivity index is 0.000000221. The molecule has 2 unspecified atom stereocenters. The molecule has 2 heterocycles. The Morgan fingerprint density at radius 3 is 1.46 bits per heavy atom. The van der Waals surface area contributed by atoms with E-state index in [4.69, 9.17) is 73.1 Å². The summed E-state index contributed by atoms with van der Waals surface area (Å²) >= 11 is 11.8. The van der Waals surface area contributed by atoms with Crippen LogP contribution in [0.3, 0.4) is 0 Å². The minimum atomic E-state index is -5.17. The van der Waals surface area contributed by atoms with E-state index in [0.717, 1.165) is 48.3 Å². The van der Waals surface area contributed by atoms with Gasteiger partial charge in [0.25, 0.3) is 0 Å². The Kier molecular flexibility index (Phi) is 11.5. The summed E-state index contributed by atoms with van der Waals surface area (Å²) in [6.07, 6.45) is 3.61. The maximum atomic E-state index is 8.52. The molecule has 0 saturated carbocycles. The van der Waals surface area contributed by atoms with Crippen LogP contribution in [-0.4, -0.2) is 42.7 Å². The molecule has 2 aromatic carbocycles. The van der Waals surface area contributed by atoms with E-state index in [1.165, 1.54) is 0 Å². The first-order valence-electron chi connectivity index (χ1n) is 11.0. The molecule has 4 rings (SSSR count). The summed E-state index contributed by atoms with van der Waals surface area (Å²) in [5, 5.41) is 1.31. The number of benzene rings is 2. The maximum absolute atomic E-state index is 8.52. The largest absolute Gasteiger partial charge is 0.759 e. The fraction of sp³-hybridized carbons (Fsp3) is 0.364. The van der Waals surface area contributed by atoms with Crippen molar-refractivity contribution in [2.75, 3.05) is 13.2 Å². The fourth-order valence-corrected chi connectivity index (χ4v) is 4.00. The van der Waals surface area contributed by atoms with Crippen LogP contribution in [-0.2, 0) is 10.4 Å². The van der Waals surface area contributed by atoms with Gasteiger partial charge in [-0.25, -0.2) is 9.98 Å². The molecule has 0 saturated heterocycles. The Morgan fingerprint density at radius 1 is 0.784 bits per heavy atom. The van der Waals surface area contributed by atoms with Crippen LogP contribution in [0.15, 0.2) is 46.4 Å². The van der Waals surface area contributed by atoms with Crippen LogP contribution < -0.4 is 32.4 Å². The van der Waals surface area contributed by atoms with Gasteiger partial charge in [-0.3, -0.25) is 8.42 Å². The van der Waals surface area contributed by atoms with Gasteiger partial charge in [-0.2, -0.15) is 0 Å². The molecular formula is C22H28Cl2N6O6S-2. The molecule has 2 atom stereocenters. The second-order valence-electron chi connectivity index (χ2n) is 7.89. The standard InChI is InChI=1S/2C11H14ClN3O.H2O4S/c2*12-7-3-4-8-9(15-11(13)14)2-1-5-16-10(8)6-7;1-5(2,3)4/h2*3-4,6,9H,1-2,5H2,(H4,13,14,15);(H2,1,2,3,4)/p-2. The molecule has 204 valence electrons. The fourth-order valence-electron chi connectivity index (χ4n) is 3.67. The van der Waals surface area contributed by atoms with E-state index in [1.807, 2.05) is 24.3 Å². The van der Waals surface area contributed by atoms with Gasteiger partial charge in [0.2, 0.25) is 0 Å². The van der Waals surface area contributed by atoms with Crippen LogP contribution in [0.4, 0.5) is 0 Å². The zero-order chi connectivity index (χ0) is 27.6. The number of hydrogen-bond acceptors (Lipinski definition) is 8. The van der Waals surface area contributed by atoms with E-state index >= 15 is 0 Å². The van der Waals surface area contributed by atoms with Crippen molar-refractivity contribution in [1.29, 1.82) is 0 Å². The highest BCUT2D eigenvalue weighted by molar-refractivity contribution is 7.79. The van der Waals surface area contributed by atoms with Crippen LogP contribution >= 0.6 is 23.2 Å². The first kappa shape index (κ1) is 30.3. The third kappa shape index (κ3) is 11.3.